The topological polar surface area (TPSA) is 82.5 Å². The third-order valence-corrected chi connectivity index (χ3v) is 5.96. The van der Waals surface area contributed by atoms with E-state index >= 15 is 0 Å². The van der Waals surface area contributed by atoms with Gasteiger partial charge in [-0.2, -0.15) is 39.5 Å². The van der Waals surface area contributed by atoms with Crippen molar-refractivity contribution in [2.75, 3.05) is 4.90 Å². The van der Waals surface area contributed by atoms with E-state index in [2.05, 4.69) is 10.3 Å². The molecule has 2 aromatic rings. The molecule has 1 aromatic heterocycles. The molecule has 38 heavy (non-hydrogen) atoms. The average molecular weight is 557 g/mol. The van der Waals surface area contributed by atoms with Crippen LogP contribution in [0.25, 0.3) is 0 Å². The Hall–Kier alpha value is -3.52. The third-order valence-electron chi connectivity index (χ3n) is 5.96. The summed E-state index contributed by atoms with van der Waals surface area (Å²) in [5, 5.41) is 12.0. The van der Waals surface area contributed by atoms with Gasteiger partial charge < -0.3 is 10.4 Å². The van der Waals surface area contributed by atoms with E-state index in [1.807, 2.05) is 0 Å². The van der Waals surface area contributed by atoms with Crippen LogP contribution < -0.4 is 10.2 Å². The number of carbonyl (C=O) groups is 2. The van der Waals surface area contributed by atoms with Crippen LogP contribution in [0.3, 0.4) is 0 Å². The summed E-state index contributed by atoms with van der Waals surface area (Å²) in [6.07, 6.45) is -17.5. The van der Waals surface area contributed by atoms with Gasteiger partial charge in [0.1, 0.15) is 5.69 Å². The van der Waals surface area contributed by atoms with Gasteiger partial charge in [-0.25, -0.2) is 9.78 Å². The molecule has 15 heteroatoms. The minimum atomic E-state index is -5.07. The van der Waals surface area contributed by atoms with Crippen molar-refractivity contribution in [2.45, 2.75) is 63.2 Å². The molecule has 0 bridgehead atoms. The lowest BCUT2D eigenvalue weighted by Crippen LogP contribution is -2.47. The first-order chi connectivity index (χ1) is 17.4. The van der Waals surface area contributed by atoms with Gasteiger partial charge in [-0.05, 0) is 55.2 Å². The first kappa shape index (κ1) is 29.0. The number of benzene rings is 1. The van der Waals surface area contributed by atoms with Gasteiger partial charge in [0.25, 0.3) is 0 Å². The van der Waals surface area contributed by atoms with Gasteiger partial charge in [0.05, 0.1) is 28.6 Å². The second-order valence-electron chi connectivity index (χ2n) is 8.58. The number of alkyl halides is 9. The van der Waals surface area contributed by atoms with Crippen molar-refractivity contribution in [2.24, 2.45) is 0 Å². The molecule has 3 rings (SSSR count). The number of amides is 2. The quantitative estimate of drug-likeness (QED) is 0.406. The largest absolute Gasteiger partial charge is 0.465 e. The normalized spacial score (nSPS) is 18.2. The van der Waals surface area contributed by atoms with E-state index in [9.17, 15) is 54.2 Å². The lowest BCUT2D eigenvalue weighted by molar-refractivity contribution is -0.143. The van der Waals surface area contributed by atoms with Crippen LogP contribution in [0.15, 0.2) is 30.3 Å². The molecule has 1 aliphatic rings. The predicted octanol–water partition coefficient (Wildman–Crippen LogP) is 6.59. The van der Waals surface area contributed by atoms with E-state index < -0.39 is 77.8 Å². The van der Waals surface area contributed by atoms with Crippen molar-refractivity contribution in [1.29, 1.82) is 0 Å². The zero-order valence-electron chi connectivity index (χ0n) is 19.4. The van der Waals surface area contributed by atoms with Crippen LogP contribution in [-0.4, -0.2) is 28.1 Å². The van der Waals surface area contributed by atoms with Crippen molar-refractivity contribution < 1.29 is 54.2 Å². The van der Waals surface area contributed by atoms with Crippen LogP contribution in [0.2, 0.25) is 0 Å². The molecule has 0 saturated heterocycles. The number of carboxylic acid groups (broad SMARTS) is 1. The minimum Gasteiger partial charge on any atom is -0.465 e. The Morgan fingerprint density at radius 2 is 1.55 bits per heavy atom. The van der Waals surface area contributed by atoms with Crippen LogP contribution in [0.4, 0.5) is 50.0 Å². The molecule has 1 aliphatic heterocycles. The second kappa shape index (κ2) is 10.3. The number of fused-ring (bicyclic) bond motifs is 1. The Morgan fingerprint density at radius 1 is 0.974 bits per heavy atom. The summed E-state index contributed by atoms with van der Waals surface area (Å²) in [5.41, 5.74) is -5.41. The van der Waals surface area contributed by atoms with E-state index in [-0.39, 0.29) is 30.3 Å². The molecule has 2 heterocycles. The minimum absolute atomic E-state index is 0.0501. The van der Waals surface area contributed by atoms with E-state index in [1.54, 1.807) is 6.92 Å². The Morgan fingerprint density at radius 3 is 2.03 bits per heavy atom. The zero-order chi connectivity index (χ0) is 28.6. The summed E-state index contributed by atoms with van der Waals surface area (Å²) in [6, 6.07) is 0.486. The summed E-state index contributed by atoms with van der Waals surface area (Å²) >= 11 is 0. The fraction of sp³-hybridized carbons (Fsp3) is 0.435. The smallest absolute Gasteiger partial charge is 0.433 e. The first-order valence-corrected chi connectivity index (χ1v) is 11.1. The molecule has 0 radical (unpaired) electrons. The molecule has 6 nitrogen and oxygen atoms in total. The van der Waals surface area contributed by atoms with E-state index in [0.717, 1.165) is 11.0 Å². The van der Waals surface area contributed by atoms with E-state index in [4.69, 9.17) is 0 Å². The molecule has 2 amide bonds. The van der Waals surface area contributed by atoms with Crippen molar-refractivity contribution >= 4 is 17.7 Å². The Balaban J connectivity index is 1.87. The van der Waals surface area contributed by atoms with Crippen LogP contribution in [0.1, 0.15) is 60.3 Å². The summed E-state index contributed by atoms with van der Waals surface area (Å²) in [5.74, 6) is -0.884. The second-order valence-corrected chi connectivity index (χ2v) is 8.58. The highest BCUT2D eigenvalue weighted by atomic mass is 19.4. The van der Waals surface area contributed by atoms with Crippen LogP contribution in [0, 0.1) is 0 Å². The lowest BCUT2D eigenvalue weighted by atomic mass is 9.93. The fourth-order valence-electron chi connectivity index (χ4n) is 4.20. The predicted molar refractivity (Wildman–Crippen MR) is 114 cm³/mol. The number of nitrogens with one attached hydrogen (secondary N) is 1. The molecule has 0 spiro atoms. The van der Waals surface area contributed by atoms with Gasteiger partial charge in [-0.15, -0.1) is 0 Å². The number of nitrogens with zero attached hydrogens (tertiary/aromatic N) is 2. The maximum atomic E-state index is 13.2. The highest BCUT2D eigenvalue weighted by Gasteiger charge is 2.41. The van der Waals surface area contributed by atoms with Crippen molar-refractivity contribution in [3.8, 4) is 0 Å². The SMILES string of the molecule is CC[C@@H]1C[C@H](NC(=O)CCc2cc(C(F)(F)F)cc(C(F)(F)F)c2)c2nc(C(F)(F)F)ccc2N1C(=O)O. The number of rotatable bonds is 5. The molecule has 0 fully saturated rings. The zero-order valence-corrected chi connectivity index (χ0v) is 19.4. The third kappa shape index (κ3) is 6.48. The Bertz CT molecular complexity index is 1180. The summed E-state index contributed by atoms with van der Waals surface area (Å²) in [6.45, 7) is 1.62. The van der Waals surface area contributed by atoms with Gasteiger partial charge in [0, 0.05) is 12.5 Å². The standard InChI is InChI=1S/C23H20F9N3O3/c1-2-14-10-15(19-16(35(14)20(37)38)4-5-17(34-19)23(30,31)32)33-18(36)6-3-11-7-12(21(24,25)26)9-13(8-11)22(27,28)29/h4-5,7-9,14-15H,2-3,6,10H2,1H3,(H,33,36)(H,37,38)/t14-,15+/m1/s1. The summed E-state index contributed by atoms with van der Waals surface area (Å²) in [4.78, 5) is 28.8. The molecule has 2 atom stereocenters. The number of carbonyl (C=O) groups excluding carboxylic acids is 1. The Labute approximate surface area is 209 Å². The molecule has 0 aliphatic carbocycles. The first-order valence-electron chi connectivity index (χ1n) is 11.1. The van der Waals surface area contributed by atoms with Crippen LogP contribution >= 0.6 is 0 Å². The average Bonchev–Trinajstić information content (AvgIpc) is 2.80. The summed E-state index contributed by atoms with van der Waals surface area (Å²) in [7, 11) is 0. The molecular weight excluding hydrogens is 537 g/mol. The van der Waals surface area contributed by atoms with Gasteiger partial charge in [0.15, 0.2) is 0 Å². The van der Waals surface area contributed by atoms with Crippen molar-refractivity contribution in [3.63, 3.8) is 0 Å². The van der Waals surface area contributed by atoms with E-state index in [0.29, 0.717) is 18.2 Å². The highest BCUT2D eigenvalue weighted by Crippen LogP contribution is 2.40. The maximum Gasteiger partial charge on any atom is 0.433 e. The van der Waals surface area contributed by atoms with Crippen LogP contribution in [-0.2, 0) is 29.7 Å². The number of anilines is 1. The van der Waals surface area contributed by atoms with Gasteiger partial charge in [0.2, 0.25) is 5.91 Å². The van der Waals surface area contributed by atoms with Crippen molar-refractivity contribution in [3.05, 3.63) is 58.4 Å². The number of hydrogen-bond acceptors (Lipinski definition) is 3. The maximum absolute atomic E-state index is 13.2. The van der Waals surface area contributed by atoms with Crippen molar-refractivity contribution in [1.82, 2.24) is 10.3 Å². The molecule has 208 valence electrons. The van der Waals surface area contributed by atoms with E-state index in [1.165, 1.54) is 0 Å². The number of aromatic nitrogens is 1. The molecule has 2 N–H and O–H groups in total. The lowest BCUT2D eigenvalue weighted by Gasteiger charge is -2.38. The molecule has 0 saturated carbocycles. The summed E-state index contributed by atoms with van der Waals surface area (Å²) < 4.78 is 118. The number of halogens is 9. The van der Waals surface area contributed by atoms with Crippen LogP contribution in [0.5, 0.6) is 0 Å². The number of aryl methyl sites for hydroxylation is 1. The molecule has 0 unspecified atom stereocenters. The Kier molecular flexibility index (Phi) is 7.89. The van der Waals surface area contributed by atoms with Gasteiger partial charge >= 0.3 is 24.6 Å². The van der Waals surface area contributed by atoms with Gasteiger partial charge in [-0.1, -0.05) is 6.92 Å². The highest BCUT2D eigenvalue weighted by molar-refractivity contribution is 5.89. The fourth-order valence-corrected chi connectivity index (χ4v) is 4.20. The molecule has 1 aromatic carbocycles. The molecular formula is C23H20F9N3O3. The monoisotopic (exact) mass is 557 g/mol. The number of pyridine rings is 1. The van der Waals surface area contributed by atoms with Gasteiger partial charge in [-0.3, -0.25) is 9.69 Å². The number of hydrogen-bond donors (Lipinski definition) is 2.